The maximum Gasteiger partial charge on any atom is 0.291 e. The molecular formula is C18H21Cl2N3O3. The minimum absolute atomic E-state index is 0. The number of hydrogen-bond acceptors (Lipinski definition) is 4. The van der Waals surface area contributed by atoms with Crippen molar-refractivity contribution in [1.82, 2.24) is 5.32 Å². The maximum absolute atomic E-state index is 12.4. The summed E-state index contributed by atoms with van der Waals surface area (Å²) in [4.78, 5) is 24.4. The normalized spacial score (nSPS) is 19.3. The van der Waals surface area contributed by atoms with Crippen LogP contribution in [-0.2, 0) is 4.79 Å². The van der Waals surface area contributed by atoms with E-state index < -0.39 is 0 Å². The predicted octanol–water partition coefficient (Wildman–Crippen LogP) is 3.93. The van der Waals surface area contributed by atoms with Gasteiger partial charge in [-0.1, -0.05) is 11.6 Å². The zero-order valence-electron chi connectivity index (χ0n) is 14.3. The number of rotatable bonds is 4. The molecule has 140 valence electrons. The lowest BCUT2D eigenvalue weighted by molar-refractivity contribution is -0.120. The fourth-order valence-corrected chi connectivity index (χ4v) is 3.13. The monoisotopic (exact) mass is 397 g/mol. The van der Waals surface area contributed by atoms with E-state index in [1.165, 1.54) is 6.26 Å². The van der Waals surface area contributed by atoms with Gasteiger partial charge in [0.1, 0.15) is 0 Å². The summed E-state index contributed by atoms with van der Waals surface area (Å²) in [6.07, 6.45) is 3.06. The summed E-state index contributed by atoms with van der Waals surface area (Å²) in [5.41, 5.74) is 1.06. The Balaban J connectivity index is 0.00000243. The first-order valence-electron chi connectivity index (χ1n) is 8.21. The number of amides is 2. The molecular weight excluding hydrogens is 377 g/mol. The van der Waals surface area contributed by atoms with Crippen LogP contribution in [0, 0.1) is 5.92 Å². The van der Waals surface area contributed by atoms with E-state index in [1.807, 2.05) is 0 Å². The van der Waals surface area contributed by atoms with Crippen LogP contribution in [0.1, 0.15) is 30.3 Å². The van der Waals surface area contributed by atoms with Gasteiger partial charge in [-0.25, -0.2) is 0 Å². The van der Waals surface area contributed by atoms with Gasteiger partial charge in [0.05, 0.1) is 17.0 Å². The Morgan fingerprint density at radius 1 is 1.27 bits per heavy atom. The molecule has 0 radical (unpaired) electrons. The number of carbonyl (C=O) groups excluding carboxylic acids is 2. The van der Waals surface area contributed by atoms with Gasteiger partial charge in [-0.2, -0.15) is 0 Å². The molecule has 0 spiro atoms. The van der Waals surface area contributed by atoms with Crippen molar-refractivity contribution in [2.24, 2.45) is 5.92 Å². The summed E-state index contributed by atoms with van der Waals surface area (Å²) in [5, 5.41) is 9.25. The van der Waals surface area contributed by atoms with E-state index in [1.54, 1.807) is 30.3 Å². The van der Waals surface area contributed by atoms with E-state index in [0.717, 1.165) is 19.4 Å². The molecule has 1 aromatic carbocycles. The molecule has 0 bridgehead atoms. The second kappa shape index (κ2) is 9.07. The fourth-order valence-electron chi connectivity index (χ4n) is 2.90. The number of benzene rings is 1. The van der Waals surface area contributed by atoms with E-state index in [2.05, 4.69) is 22.9 Å². The molecule has 2 aromatic rings. The van der Waals surface area contributed by atoms with E-state index in [0.29, 0.717) is 22.4 Å². The van der Waals surface area contributed by atoms with E-state index in [4.69, 9.17) is 16.0 Å². The van der Waals surface area contributed by atoms with Gasteiger partial charge >= 0.3 is 0 Å². The number of hydrogen-bond donors (Lipinski definition) is 3. The van der Waals surface area contributed by atoms with Gasteiger partial charge in [-0.3, -0.25) is 9.59 Å². The second-order valence-corrected chi connectivity index (χ2v) is 6.60. The van der Waals surface area contributed by atoms with Gasteiger partial charge in [-0.15, -0.1) is 12.4 Å². The van der Waals surface area contributed by atoms with E-state index >= 15 is 0 Å². The van der Waals surface area contributed by atoms with Gasteiger partial charge in [0.15, 0.2) is 5.76 Å². The Hall–Kier alpha value is -2.02. The smallest absolute Gasteiger partial charge is 0.291 e. The number of carbonyl (C=O) groups is 2. The summed E-state index contributed by atoms with van der Waals surface area (Å²) in [5.74, 6) is -0.189. The maximum atomic E-state index is 12.4. The molecule has 3 rings (SSSR count). The Morgan fingerprint density at radius 2 is 2.08 bits per heavy atom. The van der Waals surface area contributed by atoms with Crippen LogP contribution in [0.3, 0.4) is 0 Å². The molecule has 1 aliphatic rings. The van der Waals surface area contributed by atoms with Crippen LogP contribution < -0.4 is 16.0 Å². The second-order valence-electron chi connectivity index (χ2n) is 6.19. The first kappa shape index (κ1) is 20.3. The number of piperidine rings is 1. The van der Waals surface area contributed by atoms with Crippen LogP contribution in [0.2, 0.25) is 5.02 Å². The number of anilines is 2. The SMILES string of the molecule is C[C@H]1C[C@@H](C(=O)Nc2ccc(NC(=O)c3ccco3)c(Cl)c2)CCN1.Cl. The number of halogens is 2. The minimum Gasteiger partial charge on any atom is -0.459 e. The molecule has 26 heavy (non-hydrogen) atoms. The van der Waals surface area contributed by atoms with Crippen LogP contribution in [0.5, 0.6) is 0 Å². The zero-order chi connectivity index (χ0) is 17.8. The molecule has 1 aliphatic heterocycles. The number of nitrogens with one attached hydrogen (secondary N) is 3. The Kier molecular flexibility index (Phi) is 7.08. The molecule has 1 fully saturated rings. The predicted molar refractivity (Wildman–Crippen MR) is 104 cm³/mol. The lowest BCUT2D eigenvalue weighted by atomic mass is 9.92. The van der Waals surface area contributed by atoms with Crippen LogP contribution in [0.4, 0.5) is 11.4 Å². The lowest BCUT2D eigenvalue weighted by Crippen LogP contribution is -2.40. The Bertz CT molecular complexity index is 765. The molecule has 1 aromatic heterocycles. The molecule has 0 saturated carbocycles. The van der Waals surface area contributed by atoms with Gasteiger partial charge < -0.3 is 20.4 Å². The van der Waals surface area contributed by atoms with Crippen LogP contribution in [-0.4, -0.2) is 24.4 Å². The van der Waals surface area contributed by atoms with Crippen molar-refractivity contribution in [2.75, 3.05) is 17.2 Å². The van der Waals surface area contributed by atoms with Crippen LogP contribution in [0.15, 0.2) is 41.0 Å². The van der Waals surface area contributed by atoms with E-state index in [-0.39, 0.29) is 35.9 Å². The molecule has 0 unspecified atom stereocenters. The van der Waals surface area contributed by atoms with Gasteiger partial charge in [0.25, 0.3) is 5.91 Å². The molecule has 8 heteroatoms. The molecule has 2 atom stereocenters. The summed E-state index contributed by atoms with van der Waals surface area (Å²) < 4.78 is 5.04. The zero-order valence-corrected chi connectivity index (χ0v) is 15.8. The standard InChI is InChI=1S/C18H20ClN3O3.ClH/c1-11-9-12(6-7-20-11)17(23)21-13-4-5-15(14(19)10-13)22-18(24)16-3-2-8-25-16;/h2-5,8,10-12,20H,6-7,9H2,1H3,(H,21,23)(H,22,24);1H/t11-,12-;/m0./s1. The van der Waals surface area contributed by atoms with Crippen molar-refractivity contribution in [3.63, 3.8) is 0 Å². The minimum atomic E-state index is -0.382. The highest BCUT2D eigenvalue weighted by Gasteiger charge is 2.24. The van der Waals surface area contributed by atoms with E-state index in [9.17, 15) is 9.59 Å². The van der Waals surface area contributed by atoms with Crippen molar-refractivity contribution in [3.05, 3.63) is 47.4 Å². The summed E-state index contributed by atoms with van der Waals surface area (Å²) in [6.45, 7) is 2.92. The largest absolute Gasteiger partial charge is 0.459 e. The molecule has 3 N–H and O–H groups in total. The highest BCUT2D eigenvalue weighted by Crippen LogP contribution is 2.27. The Labute approximate surface area is 163 Å². The third-order valence-corrected chi connectivity index (χ3v) is 4.54. The highest BCUT2D eigenvalue weighted by atomic mass is 35.5. The van der Waals surface area contributed by atoms with Crippen molar-refractivity contribution in [3.8, 4) is 0 Å². The average molecular weight is 398 g/mol. The summed E-state index contributed by atoms with van der Waals surface area (Å²) in [6, 6.07) is 8.54. The van der Waals surface area contributed by atoms with Crippen LogP contribution >= 0.6 is 24.0 Å². The molecule has 2 amide bonds. The first-order chi connectivity index (χ1) is 12.0. The van der Waals surface area contributed by atoms with Crippen LogP contribution in [0.25, 0.3) is 0 Å². The van der Waals surface area contributed by atoms with Crippen molar-refractivity contribution in [2.45, 2.75) is 25.8 Å². The number of furan rings is 1. The molecule has 2 heterocycles. The molecule has 0 aliphatic carbocycles. The Morgan fingerprint density at radius 3 is 2.73 bits per heavy atom. The van der Waals surface area contributed by atoms with Gasteiger partial charge in [-0.05, 0) is 56.6 Å². The van der Waals surface area contributed by atoms with Crippen molar-refractivity contribution < 1.29 is 14.0 Å². The quantitative estimate of drug-likeness (QED) is 0.729. The lowest BCUT2D eigenvalue weighted by Gasteiger charge is -2.27. The van der Waals surface area contributed by atoms with Crippen molar-refractivity contribution >= 4 is 47.2 Å². The summed E-state index contributed by atoms with van der Waals surface area (Å²) in [7, 11) is 0. The fraction of sp³-hybridized carbons (Fsp3) is 0.333. The summed E-state index contributed by atoms with van der Waals surface area (Å²) >= 11 is 6.22. The first-order valence-corrected chi connectivity index (χ1v) is 8.59. The molecule has 1 saturated heterocycles. The van der Waals surface area contributed by atoms with Gasteiger partial charge in [0, 0.05) is 17.6 Å². The third kappa shape index (κ3) is 5.00. The average Bonchev–Trinajstić information content (AvgIpc) is 3.12. The topological polar surface area (TPSA) is 83.4 Å². The van der Waals surface area contributed by atoms with Gasteiger partial charge in [0.2, 0.25) is 5.91 Å². The molecule has 6 nitrogen and oxygen atoms in total. The highest BCUT2D eigenvalue weighted by molar-refractivity contribution is 6.34. The third-order valence-electron chi connectivity index (χ3n) is 4.22. The van der Waals surface area contributed by atoms with Crippen molar-refractivity contribution in [1.29, 1.82) is 0 Å².